The molecular formula is C73H101N15O15S6. The summed E-state index contributed by atoms with van der Waals surface area (Å²) in [5.41, 5.74) is 40.6. The number of thioether (sulfide) groups is 3. The summed E-state index contributed by atoms with van der Waals surface area (Å²) in [5, 5.41) is 4.32. The van der Waals surface area contributed by atoms with Gasteiger partial charge in [0.25, 0.3) is 0 Å². The van der Waals surface area contributed by atoms with E-state index in [2.05, 4.69) is 71.4 Å². The van der Waals surface area contributed by atoms with E-state index < -0.39 is 0 Å². The maximum absolute atomic E-state index is 5.94. The van der Waals surface area contributed by atoms with Crippen molar-refractivity contribution in [3.63, 3.8) is 0 Å². The van der Waals surface area contributed by atoms with Gasteiger partial charge in [-0.15, -0.1) is 34.0 Å². The first-order chi connectivity index (χ1) is 52.7. The predicted molar refractivity (Wildman–Crippen MR) is 434 cm³/mol. The number of benzene rings is 3. The molecule has 9 rings (SSSR count). The third-order valence-corrected chi connectivity index (χ3v) is 20.9. The van der Waals surface area contributed by atoms with Gasteiger partial charge in [-0.2, -0.15) is 0 Å². The number of anilines is 6. The van der Waals surface area contributed by atoms with E-state index in [1.54, 1.807) is 69.6 Å². The van der Waals surface area contributed by atoms with E-state index in [4.69, 9.17) is 120 Å². The monoisotopic (exact) mass is 1620 g/mol. The highest BCUT2D eigenvalue weighted by Crippen LogP contribution is 2.44. The van der Waals surface area contributed by atoms with Crippen molar-refractivity contribution in [3.05, 3.63) is 105 Å². The van der Waals surface area contributed by atoms with Gasteiger partial charge >= 0.3 is 0 Å². The Morgan fingerprint density at radius 1 is 0.312 bits per heavy atom. The van der Waals surface area contributed by atoms with Crippen molar-refractivity contribution < 1.29 is 71.1 Å². The normalized spacial score (nSPS) is 12.0. The molecule has 3 atom stereocenters. The zero-order valence-electron chi connectivity index (χ0n) is 63.7. The number of nitrogens with two attached hydrogens (primary N) is 6. The average molecular weight is 1620 g/mol. The number of methoxy groups -OCH3 is 5. The van der Waals surface area contributed by atoms with Gasteiger partial charge in [0.05, 0.1) is 153 Å². The Labute approximate surface area is 661 Å². The van der Waals surface area contributed by atoms with E-state index in [9.17, 15) is 0 Å². The Kier molecular flexibility index (Phi) is 38.9. The molecule has 0 fully saturated rings. The minimum absolute atomic E-state index is 0.0146. The lowest BCUT2D eigenvalue weighted by Gasteiger charge is -2.13. The minimum atomic E-state index is 0.0146. The average Bonchev–Trinajstić information content (AvgIpc) is 1.69. The molecular weight excluding hydrogens is 1520 g/mol. The van der Waals surface area contributed by atoms with Crippen LogP contribution in [-0.4, -0.2) is 206 Å². The highest BCUT2D eigenvalue weighted by atomic mass is 32.2. The van der Waals surface area contributed by atoms with Gasteiger partial charge in [0.15, 0.2) is 50.0 Å². The Bertz CT molecular complexity index is 4130. The fraction of sp³-hybridized carbons (Fsp3) is 0.466. The van der Waals surface area contributed by atoms with E-state index >= 15 is 0 Å². The molecule has 9 aromatic rings. The summed E-state index contributed by atoms with van der Waals surface area (Å²) in [6.45, 7) is 23.8. The molecule has 6 heterocycles. The quantitative estimate of drug-likeness (QED) is 0.0117. The molecule has 594 valence electrons. The van der Waals surface area contributed by atoms with Crippen LogP contribution in [0.5, 0.6) is 34.5 Å². The van der Waals surface area contributed by atoms with Gasteiger partial charge < -0.3 is 105 Å². The SMILES string of the molecule is CCOc1cc(-c2nc(C(C)Sc3nc(N)cc(N)n3)c(C)s2)ccc1OCCOCCOCCOC.COCCOCCOCCOc1cc(-c2nc(C(C)Sc3nc(N)cc(N)n3)c(C)s2)ccc1OC.COCCOCCOCCOc1ccc(-c2nc(C(C)Sc3nc(N)cc(N)n3)c(C)s2)cc1OC. The summed E-state index contributed by atoms with van der Waals surface area (Å²) >= 11 is 9.28. The van der Waals surface area contributed by atoms with Crippen molar-refractivity contribution in [1.29, 1.82) is 0 Å². The number of ether oxygens (including phenoxy) is 15. The number of aromatic nitrogens is 9. The van der Waals surface area contributed by atoms with Crippen LogP contribution in [0, 0.1) is 20.8 Å². The largest absolute Gasteiger partial charge is 0.493 e. The van der Waals surface area contributed by atoms with Crippen LogP contribution in [0.1, 0.15) is 75.2 Å². The van der Waals surface area contributed by atoms with Crippen LogP contribution in [0.2, 0.25) is 0 Å². The summed E-state index contributed by atoms with van der Waals surface area (Å²) in [6.07, 6.45) is 0. The first kappa shape index (κ1) is 88.3. The van der Waals surface area contributed by atoms with Crippen LogP contribution in [0.15, 0.2) is 88.3 Å². The summed E-state index contributed by atoms with van der Waals surface area (Å²) < 4.78 is 82.2. The van der Waals surface area contributed by atoms with Crippen molar-refractivity contribution in [2.45, 2.75) is 79.7 Å². The van der Waals surface area contributed by atoms with Crippen LogP contribution >= 0.6 is 69.3 Å². The number of thiazole rings is 3. The molecule has 0 saturated heterocycles. The third-order valence-electron chi connectivity index (χ3n) is 14.9. The molecule has 0 amide bonds. The fourth-order valence-electron chi connectivity index (χ4n) is 9.81. The second-order valence-electron chi connectivity index (χ2n) is 23.2. The highest BCUT2D eigenvalue weighted by molar-refractivity contribution is 7.99. The van der Waals surface area contributed by atoms with Gasteiger partial charge in [0.1, 0.15) is 69.8 Å². The smallest absolute Gasteiger partial charge is 0.192 e. The van der Waals surface area contributed by atoms with E-state index in [-0.39, 0.29) is 15.7 Å². The predicted octanol–water partition coefficient (Wildman–Crippen LogP) is 12.4. The lowest BCUT2D eigenvalue weighted by molar-refractivity contribution is 0.0178. The Morgan fingerprint density at radius 3 is 0.862 bits per heavy atom. The van der Waals surface area contributed by atoms with Crippen LogP contribution < -0.4 is 62.8 Å². The molecule has 0 saturated carbocycles. The molecule has 30 nitrogen and oxygen atoms in total. The van der Waals surface area contributed by atoms with Crippen molar-refractivity contribution in [1.82, 2.24) is 44.9 Å². The number of nitrogen functional groups attached to an aromatic ring is 6. The van der Waals surface area contributed by atoms with Gasteiger partial charge in [0.2, 0.25) is 0 Å². The zero-order valence-corrected chi connectivity index (χ0v) is 68.6. The Morgan fingerprint density at radius 2 is 0.569 bits per heavy atom. The second kappa shape index (κ2) is 48.0. The molecule has 0 aliphatic carbocycles. The van der Waals surface area contributed by atoms with Crippen LogP contribution in [0.3, 0.4) is 0 Å². The molecule has 109 heavy (non-hydrogen) atoms. The Hall–Kier alpha value is -7.92. The van der Waals surface area contributed by atoms with Gasteiger partial charge in [0, 0.05) is 70.9 Å². The van der Waals surface area contributed by atoms with E-state index in [0.29, 0.717) is 210 Å². The van der Waals surface area contributed by atoms with E-state index in [1.165, 1.54) is 53.5 Å². The van der Waals surface area contributed by atoms with Gasteiger partial charge in [-0.3, -0.25) is 0 Å². The lowest BCUT2D eigenvalue weighted by Crippen LogP contribution is -2.12. The second-order valence-corrected chi connectivity index (χ2v) is 30.7. The summed E-state index contributed by atoms with van der Waals surface area (Å²) in [5.74, 6) is 5.99. The van der Waals surface area contributed by atoms with Crippen LogP contribution in [0.25, 0.3) is 31.7 Å². The van der Waals surface area contributed by atoms with Gasteiger partial charge in [-0.1, -0.05) is 35.3 Å². The van der Waals surface area contributed by atoms with Crippen molar-refractivity contribution in [2.24, 2.45) is 0 Å². The lowest BCUT2D eigenvalue weighted by atomic mass is 10.2. The molecule has 0 radical (unpaired) electrons. The van der Waals surface area contributed by atoms with E-state index in [1.807, 2.05) is 61.5 Å². The maximum Gasteiger partial charge on any atom is 0.192 e. The standard InChI is InChI=1S/C25H35N5O5S2.2C24H33N5O5S2/c1-5-34-20-14-18(6-7-19(20)35-13-12-33-11-10-32-9-8-31-4)24-30-23(16(2)36-24)17(3)37-25-28-21(26)15-22(27)29-25;1-15-22(16(2)36-24-27-20(25)14-21(26)28-24)29-23(35-15)17-5-6-18(19(13-17)31-4)34-12-11-33-10-9-32-8-7-30-3;1-15-22(16(2)36-24-27-20(25)14-21(26)28-24)29-23(35-15)17-5-6-18(31-4)19(13-17)34-12-11-33-10-9-32-8-7-30-3/h6-7,14-15,17H,5,8-13H2,1-4H3,(H4,26,27,28,29);2*5-6,13-14,16H,7-12H2,1-4H3,(H4,25,26,27,28). The van der Waals surface area contributed by atoms with E-state index in [0.717, 1.165) is 63.4 Å². The van der Waals surface area contributed by atoms with Crippen molar-refractivity contribution in [3.8, 4) is 66.2 Å². The summed E-state index contributed by atoms with van der Waals surface area (Å²) in [7, 11) is 8.17. The molecule has 0 spiro atoms. The highest BCUT2D eigenvalue weighted by Gasteiger charge is 2.24. The van der Waals surface area contributed by atoms with Crippen LogP contribution in [0.4, 0.5) is 34.9 Å². The number of rotatable bonds is 46. The molecule has 3 aromatic carbocycles. The minimum Gasteiger partial charge on any atom is -0.493 e. The molecule has 3 unspecified atom stereocenters. The summed E-state index contributed by atoms with van der Waals surface area (Å²) in [6, 6.07) is 22.1. The number of nitrogens with zero attached hydrogens (tertiary/aromatic N) is 9. The van der Waals surface area contributed by atoms with Gasteiger partial charge in [-0.25, -0.2) is 44.9 Å². The first-order valence-electron chi connectivity index (χ1n) is 34.8. The fourth-order valence-corrected chi connectivity index (χ4v) is 16.0. The maximum atomic E-state index is 5.94. The van der Waals surface area contributed by atoms with Crippen LogP contribution in [-0.2, 0) is 42.6 Å². The summed E-state index contributed by atoms with van der Waals surface area (Å²) in [4.78, 5) is 43.6. The number of aryl methyl sites for hydroxylation is 3. The Balaban J connectivity index is 0.000000228. The number of hydrogen-bond donors (Lipinski definition) is 6. The molecule has 6 aromatic heterocycles. The van der Waals surface area contributed by atoms with Crippen molar-refractivity contribution in [2.75, 3.05) is 195 Å². The zero-order chi connectivity index (χ0) is 78.5. The topological polar surface area (TPSA) is 411 Å². The first-order valence-corrected chi connectivity index (χ1v) is 39.9. The van der Waals surface area contributed by atoms with Crippen molar-refractivity contribution >= 4 is 104 Å². The third kappa shape index (κ3) is 30.0. The molecule has 0 bridgehead atoms. The molecule has 12 N–H and O–H groups in total. The molecule has 0 aliphatic rings. The van der Waals surface area contributed by atoms with Gasteiger partial charge in [-0.05, 0) is 103 Å². The molecule has 0 aliphatic heterocycles. The number of hydrogen-bond acceptors (Lipinski definition) is 36. The molecule has 36 heteroatoms.